The van der Waals surface area contributed by atoms with Crippen molar-refractivity contribution in [1.82, 2.24) is 4.72 Å². The summed E-state index contributed by atoms with van der Waals surface area (Å²) in [5.74, 6) is 0. The minimum atomic E-state index is -3.48. The fraction of sp³-hybridized carbons (Fsp3) is 0.412. The van der Waals surface area contributed by atoms with Gasteiger partial charge in [-0.1, -0.05) is 24.3 Å². The largest absolute Gasteiger partial charge is 0.327 e. The van der Waals surface area contributed by atoms with Crippen LogP contribution in [0.5, 0.6) is 0 Å². The summed E-state index contributed by atoms with van der Waals surface area (Å²) in [7, 11) is -3.48. The molecule has 1 saturated heterocycles. The Morgan fingerprint density at radius 2 is 1.78 bits per heavy atom. The van der Waals surface area contributed by atoms with Crippen LogP contribution in [-0.2, 0) is 10.0 Å². The van der Waals surface area contributed by atoms with Crippen LogP contribution in [0, 0.1) is 0 Å². The Kier molecular flexibility index (Phi) is 5.16. The Morgan fingerprint density at radius 3 is 2.39 bits per heavy atom. The van der Waals surface area contributed by atoms with Gasteiger partial charge < -0.3 is 4.90 Å². The molecule has 0 spiro atoms. The second-order valence-corrected chi connectivity index (χ2v) is 8.77. The van der Waals surface area contributed by atoms with E-state index >= 15 is 0 Å². The van der Waals surface area contributed by atoms with E-state index in [1.54, 1.807) is 35.6 Å². The normalized spacial score (nSPS) is 18.8. The van der Waals surface area contributed by atoms with E-state index < -0.39 is 10.0 Å². The second-order valence-electron chi connectivity index (χ2n) is 6.08. The van der Waals surface area contributed by atoms with Crippen LogP contribution in [0.3, 0.4) is 0 Å². The molecule has 0 saturated carbocycles. The van der Waals surface area contributed by atoms with Crippen molar-refractivity contribution in [1.29, 1.82) is 0 Å². The molecule has 0 radical (unpaired) electrons. The molecule has 2 N–H and O–H groups in total. The number of likely N-dealkylation sites (tertiary alicyclic amines) is 1. The van der Waals surface area contributed by atoms with Crippen molar-refractivity contribution in [2.75, 3.05) is 13.1 Å². The third kappa shape index (κ3) is 3.83. The van der Waals surface area contributed by atoms with Gasteiger partial charge in [-0.2, -0.15) is 0 Å². The highest BCUT2D eigenvalue weighted by molar-refractivity contribution is 7.89. The van der Waals surface area contributed by atoms with Gasteiger partial charge in [0.2, 0.25) is 10.0 Å². The number of quaternary nitrogens is 1. The fourth-order valence-electron chi connectivity index (χ4n) is 3.39. The van der Waals surface area contributed by atoms with Crippen LogP contribution in [0.4, 0.5) is 0 Å². The van der Waals surface area contributed by atoms with Crippen molar-refractivity contribution in [2.24, 2.45) is 0 Å². The molecule has 0 aliphatic carbocycles. The standard InChI is InChI=1S/C17H22N2O2S2/c1-14(18-23(20,21)15-8-3-2-4-9-15)17(16-10-7-13-22-16)19-11-5-6-12-19/h2-4,7-10,13-14,17-18H,5-6,11-12H2,1H3/p+1/t14-,17-/m0/s1. The maximum atomic E-state index is 12.6. The molecule has 6 heteroatoms. The zero-order valence-electron chi connectivity index (χ0n) is 13.2. The molecule has 1 aromatic heterocycles. The second kappa shape index (κ2) is 7.13. The molecule has 23 heavy (non-hydrogen) atoms. The molecule has 3 rings (SSSR count). The van der Waals surface area contributed by atoms with E-state index in [2.05, 4.69) is 16.2 Å². The van der Waals surface area contributed by atoms with Crippen LogP contribution in [-0.4, -0.2) is 27.5 Å². The molecule has 2 aromatic rings. The van der Waals surface area contributed by atoms with Crippen molar-refractivity contribution in [3.05, 3.63) is 52.7 Å². The predicted molar refractivity (Wildman–Crippen MR) is 93.2 cm³/mol. The number of thiophene rings is 1. The van der Waals surface area contributed by atoms with Gasteiger partial charge in [0.05, 0.1) is 28.9 Å². The van der Waals surface area contributed by atoms with Gasteiger partial charge in [0.25, 0.3) is 0 Å². The number of hydrogen-bond acceptors (Lipinski definition) is 3. The van der Waals surface area contributed by atoms with E-state index in [9.17, 15) is 8.42 Å². The van der Waals surface area contributed by atoms with E-state index in [0.29, 0.717) is 4.90 Å². The van der Waals surface area contributed by atoms with Gasteiger partial charge in [0.15, 0.2) is 0 Å². The summed E-state index contributed by atoms with van der Waals surface area (Å²) in [6.45, 7) is 4.20. The lowest BCUT2D eigenvalue weighted by molar-refractivity contribution is -0.920. The minimum Gasteiger partial charge on any atom is -0.327 e. The number of hydrogen-bond donors (Lipinski definition) is 2. The van der Waals surface area contributed by atoms with Crippen LogP contribution in [0.15, 0.2) is 52.7 Å². The first kappa shape index (κ1) is 16.6. The Bertz CT molecular complexity index is 708. The van der Waals surface area contributed by atoms with Crippen LogP contribution >= 0.6 is 11.3 Å². The average Bonchev–Trinajstić information content (AvgIpc) is 3.22. The quantitative estimate of drug-likeness (QED) is 0.834. The third-order valence-corrected chi connectivity index (χ3v) is 6.96. The molecule has 4 nitrogen and oxygen atoms in total. The van der Waals surface area contributed by atoms with Crippen LogP contribution in [0.25, 0.3) is 0 Å². The monoisotopic (exact) mass is 351 g/mol. The molecule has 1 fully saturated rings. The maximum Gasteiger partial charge on any atom is 0.241 e. The van der Waals surface area contributed by atoms with Crippen LogP contribution < -0.4 is 9.62 Å². The number of sulfonamides is 1. The van der Waals surface area contributed by atoms with Gasteiger partial charge in [0.1, 0.15) is 6.04 Å². The van der Waals surface area contributed by atoms with Crippen LogP contribution in [0.1, 0.15) is 30.7 Å². The average molecular weight is 352 g/mol. The van der Waals surface area contributed by atoms with E-state index in [0.717, 1.165) is 13.1 Å². The maximum absolute atomic E-state index is 12.6. The van der Waals surface area contributed by atoms with Gasteiger partial charge in [-0.25, -0.2) is 13.1 Å². The zero-order chi connectivity index (χ0) is 16.3. The van der Waals surface area contributed by atoms with Crippen LogP contribution in [0.2, 0.25) is 0 Å². The lowest BCUT2D eigenvalue weighted by Crippen LogP contribution is -3.11. The lowest BCUT2D eigenvalue weighted by Gasteiger charge is -2.29. The summed E-state index contributed by atoms with van der Waals surface area (Å²) in [4.78, 5) is 3.06. The number of rotatable bonds is 6. The predicted octanol–water partition coefficient (Wildman–Crippen LogP) is 1.83. The first-order valence-electron chi connectivity index (χ1n) is 8.03. The SMILES string of the molecule is C[C@H](NS(=O)(=O)c1ccccc1)[C@@H](c1cccs1)[NH+]1CCCC1. The smallest absolute Gasteiger partial charge is 0.241 e. The summed E-state index contributed by atoms with van der Waals surface area (Å²) in [5, 5.41) is 2.07. The Labute approximate surface area is 142 Å². The zero-order valence-corrected chi connectivity index (χ0v) is 14.9. The topological polar surface area (TPSA) is 50.6 Å². The van der Waals surface area contributed by atoms with E-state index in [1.165, 1.54) is 22.6 Å². The molecule has 1 aromatic carbocycles. The van der Waals surface area contributed by atoms with Crippen molar-refractivity contribution in [2.45, 2.75) is 36.7 Å². The van der Waals surface area contributed by atoms with E-state index in [1.807, 2.05) is 19.1 Å². The van der Waals surface area contributed by atoms with Crippen molar-refractivity contribution in [3.63, 3.8) is 0 Å². The Hall–Kier alpha value is -1.21. The lowest BCUT2D eigenvalue weighted by atomic mass is 10.1. The molecule has 1 aliphatic heterocycles. The third-order valence-electron chi connectivity index (χ3n) is 4.43. The molecular formula is C17H23N2O2S2+. The minimum absolute atomic E-state index is 0.146. The molecular weight excluding hydrogens is 328 g/mol. The Morgan fingerprint density at radius 1 is 1.09 bits per heavy atom. The molecule has 0 unspecified atom stereocenters. The summed E-state index contributed by atoms with van der Waals surface area (Å²) >= 11 is 1.71. The highest BCUT2D eigenvalue weighted by Crippen LogP contribution is 2.22. The fourth-order valence-corrected chi connectivity index (χ4v) is 5.66. The van der Waals surface area contributed by atoms with E-state index in [4.69, 9.17) is 0 Å². The number of benzene rings is 1. The summed E-state index contributed by atoms with van der Waals surface area (Å²) in [6, 6.07) is 12.8. The molecule has 0 amide bonds. The highest BCUT2D eigenvalue weighted by atomic mass is 32.2. The van der Waals surface area contributed by atoms with Gasteiger partial charge in [-0.05, 0) is 30.5 Å². The Balaban J connectivity index is 1.82. The highest BCUT2D eigenvalue weighted by Gasteiger charge is 2.35. The van der Waals surface area contributed by atoms with Gasteiger partial charge in [-0.15, -0.1) is 11.3 Å². The summed E-state index contributed by atoms with van der Waals surface area (Å²) in [5.41, 5.74) is 0. The van der Waals surface area contributed by atoms with Crippen molar-refractivity contribution < 1.29 is 13.3 Å². The summed E-state index contributed by atoms with van der Waals surface area (Å²) < 4.78 is 28.1. The van der Waals surface area contributed by atoms with Gasteiger partial charge >= 0.3 is 0 Å². The first-order chi connectivity index (χ1) is 11.1. The van der Waals surface area contributed by atoms with Gasteiger partial charge in [0, 0.05) is 12.8 Å². The summed E-state index contributed by atoms with van der Waals surface area (Å²) in [6.07, 6.45) is 2.44. The number of nitrogens with one attached hydrogen (secondary N) is 2. The molecule has 1 aliphatic rings. The van der Waals surface area contributed by atoms with Crippen molar-refractivity contribution >= 4 is 21.4 Å². The first-order valence-corrected chi connectivity index (χ1v) is 10.4. The molecule has 2 heterocycles. The molecule has 2 atom stereocenters. The molecule has 124 valence electrons. The van der Waals surface area contributed by atoms with Crippen molar-refractivity contribution in [3.8, 4) is 0 Å². The van der Waals surface area contributed by atoms with E-state index in [-0.39, 0.29) is 12.1 Å². The molecule has 0 bridgehead atoms. The van der Waals surface area contributed by atoms with Gasteiger partial charge in [-0.3, -0.25) is 0 Å².